The van der Waals surface area contributed by atoms with Gasteiger partial charge in [-0.1, -0.05) is 31.5 Å². The van der Waals surface area contributed by atoms with Crippen LogP contribution in [0, 0.1) is 0 Å². The van der Waals surface area contributed by atoms with Crippen LogP contribution in [0.1, 0.15) is 46.0 Å². The normalized spacial score (nSPS) is 26.4. The van der Waals surface area contributed by atoms with Crippen molar-refractivity contribution in [2.75, 3.05) is 24.3 Å². The van der Waals surface area contributed by atoms with E-state index in [4.69, 9.17) is 0 Å². The smallest absolute Gasteiger partial charge is 0.157 e. The van der Waals surface area contributed by atoms with Gasteiger partial charge in [-0.15, -0.1) is 0 Å². The molecule has 1 unspecified atom stereocenters. The van der Waals surface area contributed by atoms with E-state index in [1.807, 2.05) is 23.5 Å². The fourth-order valence-electron chi connectivity index (χ4n) is 1.73. The summed E-state index contributed by atoms with van der Waals surface area (Å²) < 4.78 is 0. The van der Waals surface area contributed by atoms with Crippen molar-refractivity contribution in [2.45, 2.75) is 51.5 Å². The molecule has 17 heavy (non-hydrogen) atoms. The minimum Gasteiger partial charge on any atom is -0.359 e. The van der Waals surface area contributed by atoms with E-state index in [2.05, 4.69) is 30.4 Å². The third-order valence-electron chi connectivity index (χ3n) is 3.23. The molecule has 0 radical (unpaired) electrons. The Morgan fingerprint density at radius 2 is 2.12 bits per heavy atom. The van der Waals surface area contributed by atoms with Gasteiger partial charge in [-0.3, -0.25) is 4.99 Å². The first-order chi connectivity index (χ1) is 8.20. The quantitative estimate of drug-likeness (QED) is 0.682. The van der Waals surface area contributed by atoms with E-state index in [9.17, 15) is 0 Å². The summed E-state index contributed by atoms with van der Waals surface area (Å²) in [6, 6.07) is 0. The highest BCUT2D eigenvalue weighted by Crippen LogP contribution is 2.25. The van der Waals surface area contributed by atoms with Gasteiger partial charge in [-0.2, -0.15) is 11.8 Å². The van der Waals surface area contributed by atoms with Gasteiger partial charge in [0.15, 0.2) is 5.17 Å². The van der Waals surface area contributed by atoms with Crippen LogP contribution in [0.5, 0.6) is 0 Å². The summed E-state index contributed by atoms with van der Waals surface area (Å²) in [4.78, 5) is 4.65. The molecule has 1 heterocycles. The second-order valence-electron chi connectivity index (χ2n) is 4.92. The molecule has 1 rings (SSSR count). The first-order valence-corrected chi connectivity index (χ1v) is 9.02. The first kappa shape index (κ1) is 15.2. The minimum absolute atomic E-state index is 0.280. The summed E-state index contributed by atoms with van der Waals surface area (Å²) in [5.41, 5.74) is 0.280. The molecule has 1 saturated heterocycles. The maximum atomic E-state index is 4.65. The molecule has 0 aromatic rings. The molecule has 1 fully saturated rings. The SMILES string of the molecule is CCC1(C)CSC(=NCCCCCCSC)N1. The van der Waals surface area contributed by atoms with Crippen LogP contribution in [-0.2, 0) is 0 Å². The Morgan fingerprint density at radius 3 is 2.76 bits per heavy atom. The average molecular weight is 274 g/mol. The van der Waals surface area contributed by atoms with E-state index in [1.54, 1.807) is 0 Å². The van der Waals surface area contributed by atoms with Crippen LogP contribution in [-0.4, -0.2) is 35.0 Å². The van der Waals surface area contributed by atoms with E-state index in [0.717, 1.165) is 12.3 Å². The van der Waals surface area contributed by atoms with Crippen LogP contribution in [0.25, 0.3) is 0 Å². The second kappa shape index (κ2) is 8.30. The lowest BCUT2D eigenvalue weighted by atomic mass is 10.0. The largest absolute Gasteiger partial charge is 0.359 e. The molecule has 1 aliphatic rings. The molecular weight excluding hydrogens is 248 g/mol. The lowest BCUT2D eigenvalue weighted by Crippen LogP contribution is -2.39. The highest BCUT2D eigenvalue weighted by Gasteiger charge is 2.30. The van der Waals surface area contributed by atoms with Gasteiger partial charge < -0.3 is 5.32 Å². The van der Waals surface area contributed by atoms with Crippen molar-refractivity contribution in [3.05, 3.63) is 0 Å². The Bertz CT molecular complexity index is 244. The Hall–Kier alpha value is 0.170. The zero-order valence-electron chi connectivity index (χ0n) is 11.4. The van der Waals surface area contributed by atoms with Crippen molar-refractivity contribution in [3.8, 4) is 0 Å². The van der Waals surface area contributed by atoms with E-state index >= 15 is 0 Å². The number of aliphatic imine (C=N–C) groups is 1. The van der Waals surface area contributed by atoms with Gasteiger partial charge in [0.1, 0.15) is 0 Å². The van der Waals surface area contributed by atoms with E-state index in [-0.39, 0.29) is 5.54 Å². The molecule has 0 aliphatic carbocycles. The predicted molar refractivity (Wildman–Crippen MR) is 83.4 cm³/mol. The summed E-state index contributed by atoms with van der Waals surface area (Å²) in [5.74, 6) is 2.47. The highest BCUT2D eigenvalue weighted by molar-refractivity contribution is 8.14. The first-order valence-electron chi connectivity index (χ1n) is 6.64. The van der Waals surface area contributed by atoms with Crippen LogP contribution >= 0.6 is 23.5 Å². The molecule has 0 aromatic heterocycles. The van der Waals surface area contributed by atoms with Crippen molar-refractivity contribution >= 4 is 28.7 Å². The van der Waals surface area contributed by atoms with E-state index in [1.165, 1.54) is 43.0 Å². The lowest BCUT2D eigenvalue weighted by Gasteiger charge is -2.20. The molecular formula is C13H26N2S2. The number of amidine groups is 1. The fraction of sp³-hybridized carbons (Fsp3) is 0.923. The highest BCUT2D eigenvalue weighted by atomic mass is 32.2. The van der Waals surface area contributed by atoms with Crippen LogP contribution in [0.2, 0.25) is 0 Å². The van der Waals surface area contributed by atoms with Crippen LogP contribution in [0.4, 0.5) is 0 Å². The molecule has 4 heteroatoms. The van der Waals surface area contributed by atoms with Crippen molar-refractivity contribution < 1.29 is 0 Å². The van der Waals surface area contributed by atoms with Crippen molar-refractivity contribution in [2.24, 2.45) is 4.99 Å². The maximum Gasteiger partial charge on any atom is 0.157 e. The molecule has 2 nitrogen and oxygen atoms in total. The zero-order valence-corrected chi connectivity index (χ0v) is 13.1. The Kier molecular flexibility index (Phi) is 7.44. The zero-order chi connectivity index (χ0) is 12.6. The maximum absolute atomic E-state index is 4.65. The number of rotatable bonds is 8. The summed E-state index contributed by atoms with van der Waals surface area (Å²) in [7, 11) is 0. The minimum atomic E-state index is 0.280. The Balaban J connectivity index is 2.06. The Morgan fingerprint density at radius 1 is 1.35 bits per heavy atom. The summed E-state index contributed by atoms with van der Waals surface area (Å²) in [6.07, 6.45) is 8.64. The van der Waals surface area contributed by atoms with Crippen LogP contribution < -0.4 is 5.32 Å². The molecule has 0 bridgehead atoms. The number of thioether (sulfide) groups is 2. The second-order valence-corrected chi connectivity index (χ2v) is 6.87. The summed E-state index contributed by atoms with van der Waals surface area (Å²) >= 11 is 3.83. The molecule has 0 amide bonds. The number of hydrogen-bond acceptors (Lipinski definition) is 3. The average Bonchev–Trinajstić information content (AvgIpc) is 2.71. The monoisotopic (exact) mass is 274 g/mol. The topological polar surface area (TPSA) is 24.4 Å². The van der Waals surface area contributed by atoms with Crippen molar-refractivity contribution in [1.82, 2.24) is 5.32 Å². The summed E-state index contributed by atoms with van der Waals surface area (Å²) in [5, 5.41) is 4.70. The van der Waals surface area contributed by atoms with Gasteiger partial charge in [0, 0.05) is 17.8 Å². The Labute approximate surface area is 115 Å². The molecule has 1 atom stereocenters. The molecule has 1 N–H and O–H groups in total. The number of nitrogens with one attached hydrogen (secondary N) is 1. The molecule has 100 valence electrons. The molecule has 0 aromatic carbocycles. The third kappa shape index (κ3) is 6.05. The van der Waals surface area contributed by atoms with Crippen molar-refractivity contribution in [1.29, 1.82) is 0 Å². The third-order valence-corrected chi connectivity index (χ3v) is 5.21. The predicted octanol–water partition coefficient (Wildman–Crippen LogP) is 3.77. The standard InChI is InChI=1S/C13H26N2S2/c1-4-13(2)11-17-12(15-13)14-9-7-5-6-8-10-16-3/h4-11H2,1-3H3,(H,14,15). The molecule has 1 aliphatic heterocycles. The van der Waals surface area contributed by atoms with Gasteiger partial charge in [-0.25, -0.2) is 0 Å². The van der Waals surface area contributed by atoms with Gasteiger partial charge >= 0.3 is 0 Å². The van der Waals surface area contributed by atoms with Gasteiger partial charge in [0.25, 0.3) is 0 Å². The number of nitrogens with zero attached hydrogens (tertiary/aromatic N) is 1. The van der Waals surface area contributed by atoms with Crippen molar-refractivity contribution in [3.63, 3.8) is 0 Å². The van der Waals surface area contributed by atoms with Gasteiger partial charge in [0.05, 0.1) is 0 Å². The van der Waals surface area contributed by atoms with E-state index < -0.39 is 0 Å². The van der Waals surface area contributed by atoms with Crippen LogP contribution in [0.3, 0.4) is 0 Å². The molecule has 0 spiro atoms. The lowest BCUT2D eigenvalue weighted by molar-refractivity contribution is 0.466. The fourth-order valence-corrected chi connectivity index (χ4v) is 3.45. The van der Waals surface area contributed by atoms with Crippen LogP contribution in [0.15, 0.2) is 4.99 Å². The molecule has 0 saturated carbocycles. The van der Waals surface area contributed by atoms with E-state index in [0.29, 0.717) is 0 Å². The number of hydrogen-bond donors (Lipinski definition) is 1. The van der Waals surface area contributed by atoms with Gasteiger partial charge in [-0.05, 0) is 38.2 Å². The van der Waals surface area contributed by atoms with Gasteiger partial charge in [0.2, 0.25) is 0 Å². The summed E-state index contributed by atoms with van der Waals surface area (Å²) in [6.45, 7) is 5.52. The number of unbranched alkanes of at least 4 members (excludes halogenated alkanes) is 3.